The van der Waals surface area contributed by atoms with Gasteiger partial charge in [-0.25, -0.2) is 4.98 Å². The van der Waals surface area contributed by atoms with E-state index in [0.29, 0.717) is 18.0 Å². The molecule has 0 aromatic carbocycles. The average molecular weight is 266 g/mol. The van der Waals surface area contributed by atoms with Gasteiger partial charge in [0.1, 0.15) is 10.7 Å². The highest BCUT2D eigenvalue weighted by molar-refractivity contribution is 8.13. The lowest BCUT2D eigenvalue weighted by molar-refractivity contribution is -0.109. The molecule has 0 saturated heterocycles. The molecule has 2 heterocycles. The van der Waals surface area contributed by atoms with Crippen LogP contribution < -0.4 is 5.56 Å². The van der Waals surface area contributed by atoms with E-state index in [-0.39, 0.29) is 10.7 Å². The van der Waals surface area contributed by atoms with E-state index >= 15 is 0 Å². The quantitative estimate of drug-likeness (QED) is 0.785. The Morgan fingerprint density at radius 3 is 2.83 bits per heavy atom. The molecule has 0 amide bonds. The fourth-order valence-corrected chi connectivity index (χ4v) is 3.01. The summed E-state index contributed by atoms with van der Waals surface area (Å²) >= 11 is 1.14. The molecule has 0 bridgehead atoms. The van der Waals surface area contributed by atoms with Crippen LogP contribution in [0.1, 0.15) is 38.6 Å². The highest BCUT2D eigenvalue weighted by Gasteiger charge is 2.22. The number of fused-ring (bicyclic) bond motifs is 1. The van der Waals surface area contributed by atoms with Crippen LogP contribution in [0.25, 0.3) is 0 Å². The third kappa shape index (κ3) is 2.66. The molecule has 0 N–H and O–H groups in total. The second-order valence-corrected chi connectivity index (χ2v) is 6.23. The van der Waals surface area contributed by atoms with Crippen LogP contribution in [0.4, 0.5) is 0 Å². The summed E-state index contributed by atoms with van der Waals surface area (Å²) < 4.78 is 1.80. The predicted molar refractivity (Wildman–Crippen MR) is 71.9 cm³/mol. The Balaban J connectivity index is 2.50. The van der Waals surface area contributed by atoms with Gasteiger partial charge in [-0.1, -0.05) is 13.8 Å². The molecule has 5 heteroatoms. The minimum absolute atomic E-state index is 0.0198. The SMILES string of the molecule is CC(=O)Sc1nc(CC(C)C)c(=O)n2c1CCC2. The van der Waals surface area contributed by atoms with Crippen molar-refractivity contribution in [1.29, 1.82) is 0 Å². The summed E-state index contributed by atoms with van der Waals surface area (Å²) in [6.45, 7) is 6.42. The van der Waals surface area contributed by atoms with Gasteiger partial charge in [0.2, 0.25) is 0 Å². The Morgan fingerprint density at radius 1 is 1.50 bits per heavy atom. The van der Waals surface area contributed by atoms with Crippen LogP contribution in [-0.4, -0.2) is 14.7 Å². The first kappa shape index (κ1) is 13.3. The number of aromatic nitrogens is 2. The number of nitrogens with zero attached hydrogens (tertiary/aromatic N) is 2. The lowest BCUT2D eigenvalue weighted by Crippen LogP contribution is -2.27. The number of rotatable bonds is 3. The van der Waals surface area contributed by atoms with Crippen molar-refractivity contribution in [3.05, 3.63) is 21.7 Å². The summed E-state index contributed by atoms with van der Waals surface area (Å²) in [5.74, 6) is 0.389. The molecule has 1 aromatic rings. The summed E-state index contributed by atoms with van der Waals surface area (Å²) in [6.07, 6.45) is 2.48. The van der Waals surface area contributed by atoms with Crippen molar-refractivity contribution in [2.75, 3.05) is 0 Å². The molecule has 0 spiro atoms. The first-order valence-corrected chi connectivity index (χ1v) is 7.11. The van der Waals surface area contributed by atoms with E-state index < -0.39 is 0 Å². The smallest absolute Gasteiger partial charge is 0.272 e. The Kier molecular flexibility index (Phi) is 3.90. The van der Waals surface area contributed by atoms with Crippen LogP contribution in [0.2, 0.25) is 0 Å². The van der Waals surface area contributed by atoms with E-state index in [1.54, 1.807) is 4.57 Å². The molecule has 0 aliphatic carbocycles. The summed E-state index contributed by atoms with van der Waals surface area (Å²) in [4.78, 5) is 27.9. The first-order chi connectivity index (χ1) is 8.49. The Bertz CT molecular complexity index is 535. The molecule has 1 aromatic heterocycles. The molecule has 18 heavy (non-hydrogen) atoms. The van der Waals surface area contributed by atoms with Crippen LogP contribution in [0.5, 0.6) is 0 Å². The summed E-state index contributed by atoms with van der Waals surface area (Å²) in [7, 11) is 0. The fourth-order valence-electron chi connectivity index (χ4n) is 2.25. The van der Waals surface area contributed by atoms with Crippen LogP contribution in [-0.2, 0) is 24.2 Å². The molecule has 1 aliphatic rings. The second-order valence-electron chi connectivity index (χ2n) is 5.06. The molecule has 0 atom stereocenters. The highest BCUT2D eigenvalue weighted by atomic mass is 32.2. The van der Waals surface area contributed by atoms with E-state index in [4.69, 9.17) is 0 Å². The van der Waals surface area contributed by atoms with Gasteiger partial charge in [0.05, 0.1) is 5.69 Å². The second kappa shape index (κ2) is 5.26. The Hall–Kier alpha value is -1.10. The molecule has 1 aliphatic heterocycles. The zero-order chi connectivity index (χ0) is 13.3. The number of hydrogen-bond donors (Lipinski definition) is 0. The number of hydrogen-bond acceptors (Lipinski definition) is 4. The average Bonchev–Trinajstić information content (AvgIpc) is 2.72. The molecule has 0 saturated carbocycles. The molecular formula is C13H18N2O2S. The summed E-state index contributed by atoms with van der Waals surface area (Å²) in [5.41, 5.74) is 1.57. The van der Waals surface area contributed by atoms with E-state index in [1.165, 1.54) is 6.92 Å². The van der Waals surface area contributed by atoms with E-state index in [9.17, 15) is 9.59 Å². The molecular weight excluding hydrogens is 248 g/mol. The van der Waals surface area contributed by atoms with E-state index in [1.807, 2.05) is 0 Å². The summed E-state index contributed by atoms with van der Waals surface area (Å²) in [6, 6.07) is 0. The normalized spacial score (nSPS) is 14.0. The zero-order valence-corrected chi connectivity index (χ0v) is 11.8. The third-order valence-corrected chi connectivity index (χ3v) is 3.75. The van der Waals surface area contributed by atoms with Crippen molar-refractivity contribution < 1.29 is 4.79 Å². The Labute approximate surface area is 111 Å². The largest absolute Gasteiger partial charge is 0.308 e. The van der Waals surface area contributed by atoms with Crippen molar-refractivity contribution in [3.63, 3.8) is 0 Å². The number of carbonyl (C=O) groups excluding carboxylic acids is 1. The minimum Gasteiger partial charge on any atom is -0.308 e. The molecule has 0 fully saturated rings. The standard InChI is InChI=1S/C13H18N2O2S/c1-8(2)7-10-13(17)15-6-4-5-11(15)12(14-10)18-9(3)16/h8H,4-7H2,1-3H3. The van der Waals surface area contributed by atoms with Gasteiger partial charge in [-0.15, -0.1) is 0 Å². The lowest BCUT2D eigenvalue weighted by Gasteiger charge is -2.11. The molecule has 4 nitrogen and oxygen atoms in total. The first-order valence-electron chi connectivity index (χ1n) is 6.30. The minimum atomic E-state index is 0.0198. The molecule has 98 valence electrons. The summed E-state index contributed by atoms with van der Waals surface area (Å²) in [5, 5.41) is 0.751. The predicted octanol–water partition coefficient (Wildman–Crippen LogP) is 2.03. The lowest BCUT2D eigenvalue weighted by atomic mass is 10.1. The van der Waals surface area contributed by atoms with Gasteiger partial charge in [-0.3, -0.25) is 9.59 Å². The fraction of sp³-hybridized carbons (Fsp3) is 0.615. The number of carbonyl (C=O) groups is 1. The van der Waals surface area contributed by atoms with E-state index in [2.05, 4.69) is 18.8 Å². The van der Waals surface area contributed by atoms with Gasteiger partial charge in [-0.2, -0.15) is 0 Å². The maximum Gasteiger partial charge on any atom is 0.272 e. The van der Waals surface area contributed by atoms with Crippen molar-refractivity contribution in [2.45, 2.75) is 51.6 Å². The van der Waals surface area contributed by atoms with Gasteiger partial charge in [0.25, 0.3) is 5.56 Å². The Morgan fingerprint density at radius 2 is 2.22 bits per heavy atom. The highest BCUT2D eigenvalue weighted by Crippen LogP contribution is 2.25. The monoisotopic (exact) mass is 266 g/mol. The van der Waals surface area contributed by atoms with Crippen LogP contribution in [0, 0.1) is 5.92 Å². The van der Waals surface area contributed by atoms with Gasteiger partial charge in [0.15, 0.2) is 5.12 Å². The number of thioether (sulfide) groups is 1. The van der Waals surface area contributed by atoms with Crippen molar-refractivity contribution in [2.24, 2.45) is 5.92 Å². The maximum absolute atomic E-state index is 12.2. The molecule has 0 radical (unpaired) electrons. The molecule has 0 unspecified atom stereocenters. The van der Waals surface area contributed by atoms with Gasteiger partial charge in [-0.05, 0) is 36.9 Å². The molecule has 2 rings (SSSR count). The van der Waals surface area contributed by atoms with Crippen LogP contribution in [0.3, 0.4) is 0 Å². The van der Waals surface area contributed by atoms with Crippen molar-refractivity contribution in [1.82, 2.24) is 9.55 Å². The topological polar surface area (TPSA) is 52.0 Å². The van der Waals surface area contributed by atoms with E-state index in [0.717, 1.165) is 41.9 Å². The van der Waals surface area contributed by atoms with Crippen molar-refractivity contribution in [3.8, 4) is 0 Å². The van der Waals surface area contributed by atoms with Gasteiger partial charge < -0.3 is 4.57 Å². The van der Waals surface area contributed by atoms with Crippen molar-refractivity contribution >= 4 is 16.9 Å². The van der Waals surface area contributed by atoms with Gasteiger partial charge in [0, 0.05) is 13.5 Å². The third-order valence-electron chi connectivity index (χ3n) is 2.94. The zero-order valence-electron chi connectivity index (χ0n) is 11.0. The van der Waals surface area contributed by atoms with Crippen LogP contribution >= 0.6 is 11.8 Å². The van der Waals surface area contributed by atoms with Crippen LogP contribution in [0.15, 0.2) is 9.82 Å². The van der Waals surface area contributed by atoms with Gasteiger partial charge >= 0.3 is 0 Å². The maximum atomic E-state index is 12.2.